The zero-order valence-electron chi connectivity index (χ0n) is 27.2. The number of azide groups is 1. The standard InChI is InChI=1S/C15H20N4O2.C15H22N2O2.CH4O.CH3.Pd/c1-15(2,3)21-14(20)19-10-12-7-5-4-6-11(12)8-13(19)9-17-18-16;1-15(2,3)19-14(18)17-10-12-7-5-4-6-11(12)8-13(17)9-16;1-2;;/h4-7,13H,8-10H2,1-3H3;4-7,13H,8-10,16H2,1-3H3;2H,1H3;1H3;/q;;;-1;/t2*13-;;;/m00.../s1. The molecule has 248 valence electrons. The van der Waals surface area contributed by atoms with Gasteiger partial charge in [0.1, 0.15) is 11.2 Å². The zero-order valence-corrected chi connectivity index (χ0v) is 28.8. The Bertz CT molecular complexity index is 1240. The van der Waals surface area contributed by atoms with Crippen LogP contribution in [0, 0.1) is 7.43 Å². The predicted molar refractivity (Wildman–Crippen MR) is 169 cm³/mol. The molecular formula is C32H49N6O5Pd-. The molecule has 2 heterocycles. The molecule has 2 aliphatic heterocycles. The third-order valence-corrected chi connectivity index (χ3v) is 6.59. The molecule has 2 atom stereocenters. The molecule has 0 saturated carbocycles. The summed E-state index contributed by atoms with van der Waals surface area (Å²) >= 11 is 0. The summed E-state index contributed by atoms with van der Waals surface area (Å²) in [5.41, 5.74) is 18.1. The van der Waals surface area contributed by atoms with E-state index < -0.39 is 11.2 Å². The molecule has 0 bridgehead atoms. The molecule has 2 aromatic carbocycles. The number of carbonyl (C=O) groups excluding carboxylic acids is 2. The number of benzene rings is 2. The quantitative estimate of drug-likeness (QED) is 0.131. The number of aliphatic hydroxyl groups excluding tert-OH is 1. The Morgan fingerprint density at radius 1 is 0.841 bits per heavy atom. The first kappa shape index (κ1) is 40.9. The van der Waals surface area contributed by atoms with Gasteiger partial charge in [-0.1, -0.05) is 53.6 Å². The van der Waals surface area contributed by atoms with Crippen molar-refractivity contribution in [2.45, 2.75) is 90.8 Å². The molecule has 44 heavy (non-hydrogen) atoms. The number of hydrogen-bond donors (Lipinski definition) is 2. The first-order chi connectivity index (χ1) is 19.8. The maximum atomic E-state index is 12.4. The Balaban J connectivity index is 0.000000766. The van der Waals surface area contributed by atoms with Crippen LogP contribution in [0.4, 0.5) is 9.59 Å². The Morgan fingerprint density at radius 2 is 1.20 bits per heavy atom. The summed E-state index contributed by atoms with van der Waals surface area (Å²) in [6, 6.07) is 16.0. The van der Waals surface area contributed by atoms with Crippen LogP contribution in [0.2, 0.25) is 0 Å². The minimum Gasteiger partial charge on any atom is -0.444 e. The van der Waals surface area contributed by atoms with Crippen molar-refractivity contribution in [3.63, 3.8) is 0 Å². The maximum Gasteiger partial charge on any atom is 0.410 e. The topological polar surface area (TPSA) is 154 Å². The summed E-state index contributed by atoms with van der Waals surface area (Å²) in [5, 5.41) is 10.6. The second-order valence-corrected chi connectivity index (χ2v) is 12.1. The van der Waals surface area contributed by atoms with Crippen LogP contribution >= 0.6 is 0 Å². The molecule has 0 spiro atoms. The van der Waals surface area contributed by atoms with Crippen LogP contribution in [0.5, 0.6) is 0 Å². The number of aliphatic hydroxyl groups is 1. The molecule has 2 amide bonds. The van der Waals surface area contributed by atoms with E-state index in [9.17, 15) is 9.59 Å². The van der Waals surface area contributed by atoms with Gasteiger partial charge in [-0.25, -0.2) is 9.59 Å². The summed E-state index contributed by atoms with van der Waals surface area (Å²) in [7, 11) is 1.00. The zero-order chi connectivity index (χ0) is 31.5. The van der Waals surface area contributed by atoms with Crippen LogP contribution in [-0.4, -0.2) is 70.6 Å². The van der Waals surface area contributed by atoms with Crippen molar-refractivity contribution in [1.29, 1.82) is 0 Å². The second-order valence-electron chi connectivity index (χ2n) is 12.1. The number of nitrogens with zero attached hydrogens (tertiary/aromatic N) is 5. The fourth-order valence-corrected chi connectivity index (χ4v) is 4.75. The van der Waals surface area contributed by atoms with Gasteiger partial charge in [-0.3, -0.25) is 4.90 Å². The normalized spacial score (nSPS) is 16.8. The molecule has 11 nitrogen and oxygen atoms in total. The van der Waals surface area contributed by atoms with Crippen molar-refractivity contribution in [1.82, 2.24) is 9.80 Å². The molecule has 3 N–H and O–H groups in total. The molecule has 0 fully saturated rings. The van der Waals surface area contributed by atoms with Crippen molar-refractivity contribution >= 4 is 12.2 Å². The minimum absolute atomic E-state index is 0. The van der Waals surface area contributed by atoms with E-state index in [1.54, 1.807) is 9.80 Å². The van der Waals surface area contributed by atoms with Crippen LogP contribution in [0.25, 0.3) is 10.4 Å². The predicted octanol–water partition coefficient (Wildman–Crippen LogP) is 6.02. The summed E-state index contributed by atoms with van der Waals surface area (Å²) in [4.78, 5) is 30.8. The van der Waals surface area contributed by atoms with E-state index in [1.165, 1.54) is 16.7 Å². The average Bonchev–Trinajstić information content (AvgIpc) is 2.94. The Morgan fingerprint density at radius 3 is 1.57 bits per heavy atom. The fourth-order valence-electron chi connectivity index (χ4n) is 4.75. The van der Waals surface area contributed by atoms with Gasteiger partial charge < -0.3 is 32.6 Å². The van der Waals surface area contributed by atoms with Gasteiger partial charge >= 0.3 is 12.2 Å². The average molecular weight is 704 g/mol. The van der Waals surface area contributed by atoms with Crippen molar-refractivity contribution in [2.75, 3.05) is 20.2 Å². The van der Waals surface area contributed by atoms with E-state index in [2.05, 4.69) is 22.2 Å². The molecule has 0 unspecified atom stereocenters. The number of fused-ring (bicyclic) bond motifs is 2. The smallest absolute Gasteiger partial charge is 0.410 e. The van der Waals surface area contributed by atoms with Crippen LogP contribution < -0.4 is 5.73 Å². The van der Waals surface area contributed by atoms with Crippen molar-refractivity contribution in [3.05, 3.63) is 88.7 Å². The number of nitrogens with two attached hydrogens (primary N) is 1. The van der Waals surface area contributed by atoms with E-state index in [0.29, 0.717) is 26.1 Å². The van der Waals surface area contributed by atoms with E-state index in [-0.39, 0.29) is 58.7 Å². The molecule has 4 rings (SSSR count). The Labute approximate surface area is 276 Å². The summed E-state index contributed by atoms with van der Waals surface area (Å²) in [5.74, 6) is 0. The molecule has 2 aromatic rings. The van der Waals surface area contributed by atoms with Gasteiger partial charge in [0.15, 0.2) is 0 Å². The van der Waals surface area contributed by atoms with Gasteiger partial charge in [-0.05, 0) is 82.2 Å². The van der Waals surface area contributed by atoms with Gasteiger partial charge in [0, 0.05) is 64.7 Å². The molecule has 2 aliphatic rings. The van der Waals surface area contributed by atoms with Crippen molar-refractivity contribution < 1.29 is 44.6 Å². The fraction of sp³-hybridized carbons (Fsp3) is 0.531. The molecule has 12 heteroatoms. The SMILES string of the molecule is CC(C)(C)OC(=O)N1Cc2ccccc2C[C@H]1CN.CC(C)(C)OC(=O)N1Cc2ccccc2C[C@H]1CN=[N+]=[N-].CO.[CH3-].[Pd]. The molecule has 0 saturated heterocycles. The molecular weight excluding hydrogens is 655 g/mol. The van der Waals surface area contributed by atoms with Gasteiger partial charge in [0.25, 0.3) is 0 Å². The minimum atomic E-state index is -0.545. The maximum absolute atomic E-state index is 12.4. The van der Waals surface area contributed by atoms with Crippen molar-refractivity contribution in [3.8, 4) is 0 Å². The largest absolute Gasteiger partial charge is 0.444 e. The molecule has 0 radical (unpaired) electrons. The number of amides is 2. The van der Waals surface area contributed by atoms with Crippen molar-refractivity contribution in [2.24, 2.45) is 10.8 Å². The summed E-state index contributed by atoms with van der Waals surface area (Å²) in [6.07, 6.45) is 0.827. The van der Waals surface area contributed by atoms with Crippen LogP contribution in [0.15, 0.2) is 53.6 Å². The summed E-state index contributed by atoms with van der Waals surface area (Å²) < 4.78 is 10.9. The molecule has 0 aliphatic carbocycles. The first-order valence-electron chi connectivity index (χ1n) is 14.1. The second kappa shape index (κ2) is 18.6. The number of rotatable bonds is 3. The third-order valence-electron chi connectivity index (χ3n) is 6.59. The van der Waals surface area contributed by atoms with Crippen LogP contribution in [0.3, 0.4) is 0 Å². The van der Waals surface area contributed by atoms with Gasteiger partial charge in [0.2, 0.25) is 0 Å². The molecule has 0 aromatic heterocycles. The van der Waals surface area contributed by atoms with E-state index in [0.717, 1.165) is 19.1 Å². The number of ether oxygens (including phenoxy) is 2. The van der Waals surface area contributed by atoms with E-state index >= 15 is 0 Å². The number of hydrogen-bond acceptors (Lipinski definition) is 7. The van der Waals surface area contributed by atoms with E-state index in [1.807, 2.05) is 77.9 Å². The number of carbonyl (C=O) groups is 2. The third kappa shape index (κ3) is 12.5. The van der Waals surface area contributed by atoms with Gasteiger partial charge in [-0.2, -0.15) is 0 Å². The van der Waals surface area contributed by atoms with Crippen LogP contribution in [0.1, 0.15) is 63.8 Å². The Kier molecular flexibility index (Phi) is 17.3. The Hall–Kier alpha value is -3.13. The van der Waals surface area contributed by atoms with Gasteiger partial charge in [0.05, 0.1) is 6.04 Å². The van der Waals surface area contributed by atoms with Gasteiger partial charge in [-0.15, -0.1) is 0 Å². The monoisotopic (exact) mass is 703 g/mol. The summed E-state index contributed by atoms with van der Waals surface area (Å²) in [6.45, 7) is 12.9. The first-order valence-corrected chi connectivity index (χ1v) is 14.1. The van der Waals surface area contributed by atoms with Crippen LogP contribution in [-0.2, 0) is 55.8 Å². The van der Waals surface area contributed by atoms with E-state index in [4.69, 9.17) is 25.8 Å².